The first-order chi connectivity index (χ1) is 8.35. The monoisotopic (exact) mass is 384 g/mol. The predicted molar refractivity (Wildman–Crippen MR) is 78.8 cm³/mol. The van der Waals surface area contributed by atoms with Gasteiger partial charge in [-0.3, -0.25) is 4.18 Å². The molecule has 1 aromatic carbocycles. The Hall–Kier alpha value is -0.340. The van der Waals surface area contributed by atoms with Crippen molar-refractivity contribution in [2.75, 3.05) is 7.11 Å². The van der Waals surface area contributed by atoms with Crippen LogP contribution >= 0.6 is 22.6 Å². The lowest BCUT2D eigenvalue weighted by molar-refractivity contribution is 0.220. The van der Waals surface area contributed by atoms with Crippen LogP contribution in [0.3, 0.4) is 0 Å². The van der Waals surface area contributed by atoms with Crippen LogP contribution in [0.1, 0.15) is 20.3 Å². The number of methoxy groups -OCH3 is 1. The molecule has 0 aliphatic carbocycles. The molecule has 0 aromatic heterocycles. The summed E-state index contributed by atoms with van der Waals surface area (Å²) in [5.74, 6) is 0.614. The first-order valence-electron chi connectivity index (χ1n) is 5.56. The van der Waals surface area contributed by atoms with Crippen molar-refractivity contribution in [1.29, 1.82) is 0 Å². The van der Waals surface area contributed by atoms with Gasteiger partial charge in [0, 0.05) is 3.92 Å². The number of hydrogen-bond acceptors (Lipinski definition) is 4. The van der Waals surface area contributed by atoms with Crippen LogP contribution in [0.15, 0.2) is 29.2 Å². The highest BCUT2D eigenvalue weighted by atomic mass is 127. The maximum absolute atomic E-state index is 12.0. The van der Waals surface area contributed by atoms with Crippen molar-refractivity contribution in [2.24, 2.45) is 0 Å². The maximum Gasteiger partial charge on any atom is 0.297 e. The van der Waals surface area contributed by atoms with Gasteiger partial charge in [0.15, 0.2) is 0 Å². The van der Waals surface area contributed by atoms with Gasteiger partial charge in [0.05, 0.1) is 18.1 Å². The summed E-state index contributed by atoms with van der Waals surface area (Å²) in [6.45, 7) is 3.77. The van der Waals surface area contributed by atoms with Crippen LogP contribution < -0.4 is 4.74 Å². The molecule has 0 radical (unpaired) electrons. The third-order valence-corrected chi connectivity index (χ3v) is 4.24. The Balaban J connectivity index is 2.79. The van der Waals surface area contributed by atoms with Gasteiger partial charge in [0.25, 0.3) is 10.1 Å². The molecular weight excluding hydrogens is 367 g/mol. The molecule has 4 nitrogen and oxygen atoms in total. The largest absolute Gasteiger partial charge is 0.497 e. The smallest absolute Gasteiger partial charge is 0.297 e. The summed E-state index contributed by atoms with van der Waals surface area (Å²) in [6, 6.07) is 6.16. The number of rotatable bonds is 6. The van der Waals surface area contributed by atoms with E-state index in [0.717, 1.165) is 0 Å². The maximum atomic E-state index is 12.0. The topological polar surface area (TPSA) is 52.6 Å². The number of benzene rings is 1. The van der Waals surface area contributed by atoms with Crippen molar-refractivity contribution in [3.05, 3.63) is 24.3 Å². The number of hydrogen-bond donors (Lipinski definition) is 0. The zero-order valence-corrected chi connectivity index (χ0v) is 13.6. The van der Waals surface area contributed by atoms with Crippen LogP contribution in [-0.2, 0) is 14.3 Å². The second-order valence-corrected chi connectivity index (χ2v) is 7.75. The molecule has 0 saturated carbocycles. The van der Waals surface area contributed by atoms with Gasteiger partial charge < -0.3 is 4.74 Å². The van der Waals surface area contributed by atoms with Gasteiger partial charge in [-0.05, 0) is 37.6 Å². The fourth-order valence-corrected chi connectivity index (χ4v) is 3.32. The first kappa shape index (κ1) is 15.7. The SMILES string of the molecule is COc1ccc(S(=O)(=O)O[C@H](C)C[C@@H](C)I)cc1. The van der Waals surface area contributed by atoms with E-state index in [2.05, 4.69) is 22.6 Å². The molecule has 6 heteroatoms. The van der Waals surface area contributed by atoms with Gasteiger partial charge in [-0.15, -0.1) is 0 Å². The molecule has 102 valence electrons. The second kappa shape index (κ2) is 6.72. The molecule has 0 N–H and O–H groups in total. The number of alkyl halides is 1. The van der Waals surface area contributed by atoms with Crippen molar-refractivity contribution >= 4 is 32.7 Å². The highest BCUT2D eigenvalue weighted by Crippen LogP contribution is 2.20. The molecule has 0 unspecified atom stereocenters. The summed E-state index contributed by atoms with van der Waals surface area (Å²) in [5.41, 5.74) is 0. The third kappa shape index (κ3) is 4.74. The Morgan fingerprint density at radius 2 is 1.78 bits per heavy atom. The number of ether oxygens (including phenoxy) is 1. The van der Waals surface area contributed by atoms with Gasteiger partial charge in [0.2, 0.25) is 0 Å². The van der Waals surface area contributed by atoms with E-state index in [1.165, 1.54) is 19.2 Å². The van der Waals surface area contributed by atoms with E-state index in [1.54, 1.807) is 19.1 Å². The first-order valence-corrected chi connectivity index (χ1v) is 8.22. The lowest BCUT2D eigenvalue weighted by Gasteiger charge is -2.14. The Morgan fingerprint density at radius 3 is 2.22 bits per heavy atom. The van der Waals surface area contributed by atoms with Crippen LogP contribution in [-0.4, -0.2) is 25.6 Å². The summed E-state index contributed by atoms with van der Waals surface area (Å²) < 4.78 is 34.4. The molecule has 0 heterocycles. The Labute approximate surface area is 122 Å². The van der Waals surface area contributed by atoms with Crippen molar-refractivity contribution in [3.8, 4) is 5.75 Å². The van der Waals surface area contributed by atoms with E-state index in [1.807, 2.05) is 6.92 Å². The zero-order chi connectivity index (χ0) is 13.8. The van der Waals surface area contributed by atoms with Crippen LogP contribution in [0, 0.1) is 0 Å². The van der Waals surface area contributed by atoms with Gasteiger partial charge in [0.1, 0.15) is 5.75 Å². The van der Waals surface area contributed by atoms with Crippen LogP contribution in [0.5, 0.6) is 5.75 Å². The minimum absolute atomic E-state index is 0.149. The van der Waals surface area contributed by atoms with Crippen molar-refractivity contribution in [3.63, 3.8) is 0 Å². The summed E-state index contributed by atoms with van der Waals surface area (Å²) >= 11 is 2.24. The standard InChI is InChI=1S/C12H17IO4S/c1-9(13)8-10(2)17-18(14,15)12-6-4-11(16-3)5-7-12/h4-7,9-10H,8H2,1-3H3/t9-,10-/m1/s1. The molecular formula is C12H17IO4S. The molecule has 18 heavy (non-hydrogen) atoms. The highest BCUT2D eigenvalue weighted by Gasteiger charge is 2.19. The number of halogens is 1. The Morgan fingerprint density at radius 1 is 1.22 bits per heavy atom. The van der Waals surface area contributed by atoms with Gasteiger partial charge in [-0.2, -0.15) is 8.42 Å². The van der Waals surface area contributed by atoms with E-state index < -0.39 is 10.1 Å². The van der Waals surface area contributed by atoms with Gasteiger partial charge in [-0.25, -0.2) is 0 Å². The van der Waals surface area contributed by atoms with Crippen LogP contribution in [0.4, 0.5) is 0 Å². The summed E-state index contributed by atoms with van der Waals surface area (Å²) in [6.07, 6.45) is 0.361. The second-order valence-electron chi connectivity index (χ2n) is 4.05. The molecule has 1 rings (SSSR count). The molecule has 0 fully saturated rings. The molecule has 1 aromatic rings. The lowest BCUT2D eigenvalue weighted by Crippen LogP contribution is -2.18. The van der Waals surface area contributed by atoms with E-state index in [9.17, 15) is 8.42 Å². The van der Waals surface area contributed by atoms with Gasteiger partial charge in [-0.1, -0.05) is 29.5 Å². The molecule has 0 aliphatic heterocycles. The minimum Gasteiger partial charge on any atom is -0.497 e. The van der Waals surface area contributed by atoms with E-state index >= 15 is 0 Å². The Kier molecular flexibility index (Phi) is 5.87. The summed E-state index contributed by atoms with van der Waals surface area (Å²) in [5, 5.41) is 0. The fraction of sp³-hybridized carbons (Fsp3) is 0.500. The van der Waals surface area contributed by atoms with E-state index in [0.29, 0.717) is 16.1 Å². The zero-order valence-electron chi connectivity index (χ0n) is 10.6. The van der Waals surface area contributed by atoms with Crippen molar-refractivity contribution in [1.82, 2.24) is 0 Å². The highest BCUT2D eigenvalue weighted by molar-refractivity contribution is 14.1. The molecule has 0 saturated heterocycles. The van der Waals surface area contributed by atoms with Crippen LogP contribution in [0.25, 0.3) is 0 Å². The molecule has 0 spiro atoms. The average molecular weight is 384 g/mol. The fourth-order valence-electron chi connectivity index (χ4n) is 1.51. The Bertz CT molecular complexity index is 467. The van der Waals surface area contributed by atoms with E-state index in [4.69, 9.17) is 8.92 Å². The van der Waals surface area contributed by atoms with E-state index in [-0.39, 0.29) is 11.0 Å². The van der Waals surface area contributed by atoms with Crippen molar-refractivity contribution < 1.29 is 17.3 Å². The third-order valence-electron chi connectivity index (χ3n) is 2.30. The predicted octanol–water partition coefficient (Wildman–Crippen LogP) is 3.00. The van der Waals surface area contributed by atoms with Crippen molar-refractivity contribution in [2.45, 2.75) is 35.2 Å². The molecule has 0 amide bonds. The summed E-state index contributed by atoms with van der Waals surface area (Å²) in [4.78, 5) is 0.149. The normalized spacial score (nSPS) is 15.1. The summed E-state index contributed by atoms with van der Waals surface area (Å²) in [7, 11) is -2.16. The minimum atomic E-state index is -3.69. The molecule has 0 aliphatic rings. The molecule has 0 bridgehead atoms. The van der Waals surface area contributed by atoms with Gasteiger partial charge >= 0.3 is 0 Å². The lowest BCUT2D eigenvalue weighted by atomic mass is 10.2. The van der Waals surface area contributed by atoms with Crippen LogP contribution in [0.2, 0.25) is 0 Å². The molecule has 2 atom stereocenters. The average Bonchev–Trinajstić information content (AvgIpc) is 2.27. The quantitative estimate of drug-likeness (QED) is 0.430.